The second-order valence-electron chi connectivity index (χ2n) is 23.5. The minimum atomic E-state index is -4.38. The number of ether oxygens (including phenoxy) is 2. The molecular formula is C64H127NO8P+. The molecule has 0 heterocycles. The van der Waals surface area contributed by atoms with E-state index in [2.05, 4.69) is 26.0 Å². The molecule has 0 fully saturated rings. The fourth-order valence-corrected chi connectivity index (χ4v) is 10.5. The van der Waals surface area contributed by atoms with E-state index in [0.717, 1.165) is 51.4 Å². The van der Waals surface area contributed by atoms with Gasteiger partial charge >= 0.3 is 19.8 Å². The number of unbranched alkanes of at least 4 members (excludes halogenated alkanes) is 45. The van der Waals surface area contributed by atoms with Gasteiger partial charge in [-0.15, -0.1) is 0 Å². The second kappa shape index (κ2) is 56.5. The van der Waals surface area contributed by atoms with Crippen LogP contribution in [-0.4, -0.2) is 74.9 Å². The van der Waals surface area contributed by atoms with Gasteiger partial charge in [0, 0.05) is 12.8 Å². The molecule has 0 saturated carbocycles. The number of phosphoric acid groups is 1. The number of phosphoric ester groups is 1. The molecule has 0 amide bonds. The van der Waals surface area contributed by atoms with Crippen LogP contribution >= 0.6 is 7.82 Å². The van der Waals surface area contributed by atoms with Crippen LogP contribution < -0.4 is 0 Å². The number of allylic oxidation sites excluding steroid dienone is 2. The number of rotatable bonds is 61. The lowest BCUT2D eigenvalue weighted by molar-refractivity contribution is -0.870. The van der Waals surface area contributed by atoms with E-state index in [9.17, 15) is 19.0 Å². The van der Waals surface area contributed by atoms with Gasteiger partial charge < -0.3 is 18.9 Å². The van der Waals surface area contributed by atoms with Gasteiger partial charge in [0.05, 0.1) is 27.7 Å². The molecule has 0 radical (unpaired) electrons. The number of likely N-dealkylation sites (N-methyl/N-ethyl adjacent to an activating group) is 1. The van der Waals surface area contributed by atoms with Crippen molar-refractivity contribution in [1.29, 1.82) is 0 Å². The number of nitrogens with zero attached hydrogens (tertiary/aromatic N) is 1. The fraction of sp³-hybridized carbons (Fsp3) is 0.938. The summed E-state index contributed by atoms with van der Waals surface area (Å²) in [6.45, 7) is 4.48. The minimum absolute atomic E-state index is 0.0337. The van der Waals surface area contributed by atoms with Gasteiger partial charge in [0.15, 0.2) is 6.10 Å². The van der Waals surface area contributed by atoms with Crippen LogP contribution in [0, 0.1) is 0 Å². The second-order valence-corrected chi connectivity index (χ2v) is 25.0. The summed E-state index contributed by atoms with van der Waals surface area (Å²) < 4.78 is 34.6. The Labute approximate surface area is 460 Å². The SMILES string of the molecule is CCCCCCCCC/C=C\CCCCCCCC(=O)OC(COC(=O)CCCCCCCCCCCCCCCCCCCCCCCCCCCCCCCCCCCC)COP(=O)(O)OCC[N+](C)(C)C. The van der Waals surface area contributed by atoms with Crippen LogP contribution in [0.5, 0.6) is 0 Å². The lowest BCUT2D eigenvalue weighted by Crippen LogP contribution is -2.37. The zero-order valence-corrected chi connectivity index (χ0v) is 51.0. The molecule has 2 atom stereocenters. The summed E-state index contributed by atoms with van der Waals surface area (Å²) in [7, 11) is 1.49. The Kier molecular flexibility index (Phi) is 55.5. The molecule has 1 N–H and O–H groups in total. The maximum atomic E-state index is 12.8. The van der Waals surface area contributed by atoms with Gasteiger partial charge in [-0.1, -0.05) is 296 Å². The molecule has 0 aromatic carbocycles. The van der Waals surface area contributed by atoms with Gasteiger partial charge in [-0.3, -0.25) is 18.6 Å². The van der Waals surface area contributed by atoms with Gasteiger partial charge in [0.2, 0.25) is 0 Å². The Morgan fingerprint density at radius 1 is 0.405 bits per heavy atom. The molecule has 0 aliphatic rings. The van der Waals surface area contributed by atoms with E-state index in [1.54, 1.807) is 0 Å². The Balaban J connectivity index is 3.92. The van der Waals surface area contributed by atoms with Crippen molar-refractivity contribution in [1.82, 2.24) is 0 Å². The molecule has 0 aromatic heterocycles. The van der Waals surface area contributed by atoms with E-state index < -0.39 is 26.5 Å². The van der Waals surface area contributed by atoms with Crippen molar-refractivity contribution in [2.75, 3.05) is 47.5 Å². The molecule has 0 aliphatic carbocycles. The molecule has 2 unspecified atom stereocenters. The molecule has 0 aromatic rings. The summed E-state index contributed by atoms with van der Waals surface area (Å²) in [4.78, 5) is 35.7. The number of carbonyl (C=O) groups excluding carboxylic acids is 2. The van der Waals surface area contributed by atoms with E-state index in [0.29, 0.717) is 23.9 Å². The molecule has 74 heavy (non-hydrogen) atoms. The van der Waals surface area contributed by atoms with Gasteiger partial charge in [0.25, 0.3) is 0 Å². The normalized spacial score (nSPS) is 13.2. The van der Waals surface area contributed by atoms with Crippen LogP contribution in [0.15, 0.2) is 12.2 Å². The maximum Gasteiger partial charge on any atom is 0.472 e. The molecule has 0 spiro atoms. The Hall–Kier alpha value is -1.25. The Bertz CT molecular complexity index is 1260. The van der Waals surface area contributed by atoms with E-state index in [-0.39, 0.29) is 25.6 Å². The predicted octanol–water partition coefficient (Wildman–Crippen LogP) is 20.4. The Morgan fingerprint density at radius 2 is 0.689 bits per heavy atom. The van der Waals surface area contributed by atoms with Crippen molar-refractivity contribution in [2.45, 2.75) is 341 Å². The summed E-state index contributed by atoms with van der Waals surface area (Å²) in [5, 5.41) is 0. The third kappa shape index (κ3) is 60.0. The quantitative estimate of drug-likeness (QED) is 0.0211. The van der Waals surface area contributed by atoms with E-state index >= 15 is 0 Å². The maximum absolute atomic E-state index is 12.8. The smallest absolute Gasteiger partial charge is 0.462 e. The summed E-state index contributed by atoms with van der Waals surface area (Å²) >= 11 is 0. The molecule has 0 bridgehead atoms. The van der Waals surface area contributed by atoms with E-state index in [4.69, 9.17) is 18.5 Å². The predicted molar refractivity (Wildman–Crippen MR) is 317 cm³/mol. The summed E-state index contributed by atoms with van der Waals surface area (Å²) in [5.74, 6) is -0.788. The van der Waals surface area contributed by atoms with Crippen LogP contribution in [0.3, 0.4) is 0 Å². The third-order valence-corrected chi connectivity index (χ3v) is 15.8. The Morgan fingerprint density at radius 3 is 1.00 bits per heavy atom. The van der Waals surface area contributed by atoms with Crippen molar-refractivity contribution < 1.29 is 42.1 Å². The van der Waals surface area contributed by atoms with Crippen LogP contribution in [0.2, 0.25) is 0 Å². The molecule has 0 aliphatic heterocycles. The monoisotopic (exact) mass is 1070 g/mol. The van der Waals surface area contributed by atoms with Crippen LogP contribution in [-0.2, 0) is 32.7 Å². The number of hydrogen-bond acceptors (Lipinski definition) is 7. The van der Waals surface area contributed by atoms with Crippen molar-refractivity contribution in [3.05, 3.63) is 12.2 Å². The average Bonchev–Trinajstić information content (AvgIpc) is 3.36. The summed E-state index contributed by atoms with van der Waals surface area (Å²) in [6, 6.07) is 0. The molecule has 0 saturated heterocycles. The summed E-state index contributed by atoms with van der Waals surface area (Å²) in [5.41, 5.74) is 0. The molecule has 440 valence electrons. The fourth-order valence-electron chi connectivity index (χ4n) is 9.78. The number of quaternary nitrogens is 1. The first kappa shape index (κ1) is 72.8. The van der Waals surface area contributed by atoms with Crippen molar-refractivity contribution in [3.8, 4) is 0 Å². The lowest BCUT2D eigenvalue weighted by Gasteiger charge is -2.24. The largest absolute Gasteiger partial charge is 0.472 e. The van der Waals surface area contributed by atoms with E-state index in [1.165, 1.54) is 250 Å². The van der Waals surface area contributed by atoms with Crippen molar-refractivity contribution in [2.24, 2.45) is 0 Å². The van der Waals surface area contributed by atoms with E-state index in [1.807, 2.05) is 21.1 Å². The molecule has 9 nitrogen and oxygen atoms in total. The van der Waals surface area contributed by atoms with Gasteiger partial charge in [0.1, 0.15) is 19.8 Å². The molecule has 0 rings (SSSR count). The summed E-state index contributed by atoms with van der Waals surface area (Å²) in [6.07, 6.45) is 67.5. The van der Waals surface area contributed by atoms with Gasteiger partial charge in [-0.05, 0) is 38.5 Å². The van der Waals surface area contributed by atoms with Gasteiger partial charge in [-0.2, -0.15) is 0 Å². The third-order valence-electron chi connectivity index (χ3n) is 14.8. The van der Waals surface area contributed by atoms with Crippen LogP contribution in [0.4, 0.5) is 0 Å². The topological polar surface area (TPSA) is 108 Å². The highest BCUT2D eigenvalue weighted by Gasteiger charge is 2.27. The van der Waals surface area contributed by atoms with Crippen molar-refractivity contribution in [3.63, 3.8) is 0 Å². The highest BCUT2D eigenvalue weighted by Crippen LogP contribution is 2.43. The molecule has 10 heteroatoms. The van der Waals surface area contributed by atoms with Gasteiger partial charge in [-0.25, -0.2) is 4.57 Å². The minimum Gasteiger partial charge on any atom is -0.462 e. The first-order valence-electron chi connectivity index (χ1n) is 32.4. The number of esters is 2. The van der Waals surface area contributed by atoms with Crippen LogP contribution in [0.1, 0.15) is 335 Å². The highest BCUT2D eigenvalue weighted by molar-refractivity contribution is 7.47. The molecular weight excluding hydrogens is 942 g/mol. The number of carbonyl (C=O) groups is 2. The van der Waals surface area contributed by atoms with Crippen molar-refractivity contribution >= 4 is 19.8 Å². The van der Waals surface area contributed by atoms with Crippen LogP contribution in [0.25, 0.3) is 0 Å². The zero-order valence-electron chi connectivity index (χ0n) is 50.1. The highest BCUT2D eigenvalue weighted by atomic mass is 31.2. The standard InChI is InChI=1S/C64H126NO8P/c1-6-8-10-12-14-16-18-20-22-24-25-26-27-28-29-30-31-32-33-34-35-36-37-38-39-40-41-43-44-46-48-50-52-54-56-63(66)70-60-62(61-72-74(68,69)71-59-58-65(3,4)5)73-64(67)57-55-53-51-49-47-45-42-23-21-19-17-15-13-11-9-7-2/h23,42,62H,6-22,24-41,43-61H2,1-5H3/p+1/b42-23-. The number of hydrogen-bond donors (Lipinski definition) is 1. The zero-order chi connectivity index (χ0) is 54.2. The lowest BCUT2D eigenvalue weighted by atomic mass is 10.0. The average molecular weight is 1070 g/mol. The first-order chi connectivity index (χ1) is 36.0. The first-order valence-corrected chi connectivity index (χ1v) is 33.9.